The average molecular weight is 286 g/mol. The molecule has 0 saturated carbocycles. The van der Waals surface area contributed by atoms with Crippen LogP contribution < -0.4 is 10.6 Å². The molecule has 1 aromatic heterocycles. The van der Waals surface area contributed by atoms with Crippen LogP contribution >= 0.6 is 0 Å². The van der Waals surface area contributed by atoms with Gasteiger partial charge >= 0.3 is 0 Å². The van der Waals surface area contributed by atoms with E-state index in [0.717, 1.165) is 23.6 Å². The van der Waals surface area contributed by atoms with Crippen LogP contribution in [0.25, 0.3) is 0 Å². The van der Waals surface area contributed by atoms with Crippen molar-refractivity contribution in [3.63, 3.8) is 0 Å². The molecule has 0 unspecified atom stereocenters. The van der Waals surface area contributed by atoms with Crippen LogP contribution in [0.15, 0.2) is 30.6 Å². The van der Waals surface area contributed by atoms with Crippen molar-refractivity contribution in [1.29, 1.82) is 0 Å². The standard InChI is InChI=1S/C16H22N4O/c1-4-17-16(21)13-6-7-14(12(3)10-13)19-11-15-18-8-9-20(15)5-2/h6-10,19H,4-5,11H2,1-3H3,(H,17,21). The Balaban J connectivity index is 2.06. The number of aryl methyl sites for hydroxylation is 2. The Morgan fingerprint density at radius 1 is 1.33 bits per heavy atom. The molecule has 0 fully saturated rings. The molecule has 2 aromatic rings. The monoisotopic (exact) mass is 286 g/mol. The lowest BCUT2D eigenvalue weighted by Crippen LogP contribution is -2.22. The van der Waals surface area contributed by atoms with Crippen molar-refractivity contribution in [3.05, 3.63) is 47.5 Å². The summed E-state index contributed by atoms with van der Waals surface area (Å²) in [7, 11) is 0. The summed E-state index contributed by atoms with van der Waals surface area (Å²) < 4.78 is 2.10. The van der Waals surface area contributed by atoms with E-state index < -0.39 is 0 Å². The highest BCUT2D eigenvalue weighted by molar-refractivity contribution is 5.94. The second-order valence-corrected chi connectivity index (χ2v) is 4.87. The molecule has 2 rings (SSSR count). The molecule has 0 radical (unpaired) electrons. The zero-order valence-electron chi connectivity index (χ0n) is 12.8. The van der Waals surface area contributed by atoms with Gasteiger partial charge in [-0.3, -0.25) is 4.79 Å². The summed E-state index contributed by atoms with van der Waals surface area (Å²) in [6.07, 6.45) is 3.79. The first kappa shape index (κ1) is 15.1. The molecule has 5 nitrogen and oxygen atoms in total. The first-order valence-electron chi connectivity index (χ1n) is 7.28. The van der Waals surface area contributed by atoms with E-state index in [-0.39, 0.29) is 5.91 Å². The van der Waals surface area contributed by atoms with E-state index in [0.29, 0.717) is 18.7 Å². The number of carbonyl (C=O) groups excluding carboxylic acids is 1. The Kier molecular flexibility index (Phi) is 4.98. The zero-order chi connectivity index (χ0) is 15.2. The number of aromatic nitrogens is 2. The molecule has 0 bridgehead atoms. The van der Waals surface area contributed by atoms with Gasteiger partial charge < -0.3 is 15.2 Å². The maximum Gasteiger partial charge on any atom is 0.251 e. The van der Waals surface area contributed by atoms with Crippen molar-refractivity contribution in [1.82, 2.24) is 14.9 Å². The molecule has 0 saturated heterocycles. The number of nitrogens with one attached hydrogen (secondary N) is 2. The fraction of sp³-hybridized carbons (Fsp3) is 0.375. The van der Waals surface area contributed by atoms with Crippen molar-refractivity contribution in [3.8, 4) is 0 Å². The second-order valence-electron chi connectivity index (χ2n) is 4.87. The number of amides is 1. The van der Waals surface area contributed by atoms with Crippen LogP contribution in [0, 0.1) is 6.92 Å². The zero-order valence-corrected chi connectivity index (χ0v) is 12.8. The van der Waals surface area contributed by atoms with Gasteiger partial charge in [0.1, 0.15) is 5.82 Å². The second kappa shape index (κ2) is 6.92. The molecule has 0 aliphatic heterocycles. The summed E-state index contributed by atoms with van der Waals surface area (Å²) >= 11 is 0. The van der Waals surface area contributed by atoms with Crippen LogP contribution in [0.2, 0.25) is 0 Å². The first-order chi connectivity index (χ1) is 10.2. The highest BCUT2D eigenvalue weighted by Gasteiger charge is 2.07. The summed E-state index contributed by atoms with van der Waals surface area (Å²) in [5.41, 5.74) is 2.76. The molecule has 2 N–H and O–H groups in total. The summed E-state index contributed by atoms with van der Waals surface area (Å²) in [6.45, 7) is 8.22. The summed E-state index contributed by atoms with van der Waals surface area (Å²) in [5, 5.41) is 6.18. The minimum atomic E-state index is -0.0336. The van der Waals surface area contributed by atoms with Crippen LogP contribution in [0.5, 0.6) is 0 Å². The van der Waals surface area contributed by atoms with Gasteiger partial charge in [-0.2, -0.15) is 0 Å². The van der Waals surface area contributed by atoms with Gasteiger partial charge in [0, 0.05) is 36.7 Å². The SMILES string of the molecule is CCNC(=O)c1ccc(NCc2nccn2CC)c(C)c1. The maximum atomic E-state index is 11.8. The number of hydrogen-bond acceptors (Lipinski definition) is 3. The highest BCUT2D eigenvalue weighted by atomic mass is 16.1. The van der Waals surface area contributed by atoms with E-state index in [1.54, 1.807) is 0 Å². The number of hydrogen-bond donors (Lipinski definition) is 2. The molecular weight excluding hydrogens is 264 g/mol. The molecule has 0 aliphatic carbocycles. The van der Waals surface area contributed by atoms with Crippen molar-refractivity contribution in [2.45, 2.75) is 33.9 Å². The predicted molar refractivity (Wildman–Crippen MR) is 84.4 cm³/mol. The number of nitrogens with zero attached hydrogens (tertiary/aromatic N) is 2. The van der Waals surface area contributed by atoms with Crippen LogP contribution in [0.3, 0.4) is 0 Å². The summed E-state index contributed by atoms with van der Waals surface area (Å²) in [5.74, 6) is 0.971. The van der Waals surface area contributed by atoms with Crippen LogP contribution in [-0.2, 0) is 13.1 Å². The van der Waals surface area contributed by atoms with Gasteiger partial charge in [0.05, 0.1) is 6.54 Å². The number of carbonyl (C=O) groups is 1. The lowest BCUT2D eigenvalue weighted by molar-refractivity contribution is 0.0956. The van der Waals surface area contributed by atoms with Gasteiger partial charge in [0.15, 0.2) is 0 Å². The Hall–Kier alpha value is -2.30. The molecule has 112 valence electrons. The van der Waals surface area contributed by atoms with Crippen molar-refractivity contribution < 1.29 is 4.79 Å². The van der Waals surface area contributed by atoms with Crippen LogP contribution in [0.4, 0.5) is 5.69 Å². The van der Waals surface area contributed by atoms with E-state index in [1.807, 2.05) is 44.4 Å². The van der Waals surface area contributed by atoms with E-state index in [4.69, 9.17) is 0 Å². The van der Waals surface area contributed by atoms with Crippen molar-refractivity contribution >= 4 is 11.6 Å². The Bertz CT molecular complexity index is 618. The normalized spacial score (nSPS) is 10.4. The number of benzene rings is 1. The molecule has 21 heavy (non-hydrogen) atoms. The van der Waals surface area contributed by atoms with Crippen molar-refractivity contribution in [2.24, 2.45) is 0 Å². The van der Waals surface area contributed by atoms with E-state index in [1.165, 1.54) is 0 Å². The smallest absolute Gasteiger partial charge is 0.251 e. The van der Waals surface area contributed by atoms with E-state index >= 15 is 0 Å². The minimum absolute atomic E-state index is 0.0336. The lowest BCUT2D eigenvalue weighted by atomic mass is 10.1. The van der Waals surface area contributed by atoms with Gasteiger partial charge in [-0.05, 0) is 44.5 Å². The van der Waals surface area contributed by atoms with E-state index in [9.17, 15) is 4.79 Å². The minimum Gasteiger partial charge on any atom is -0.378 e. The molecule has 1 aromatic carbocycles. The Morgan fingerprint density at radius 3 is 2.81 bits per heavy atom. The third kappa shape index (κ3) is 3.62. The average Bonchev–Trinajstić information content (AvgIpc) is 2.93. The number of imidazole rings is 1. The van der Waals surface area contributed by atoms with Crippen LogP contribution in [0.1, 0.15) is 35.6 Å². The fourth-order valence-corrected chi connectivity index (χ4v) is 2.24. The molecule has 0 aliphatic rings. The third-order valence-corrected chi connectivity index (χ3v) is 3.41. The van der Waals surface area contributed by atoms with Gasteiger partial charge in [-0.25, -0.2) is 4.98 Å². The lowest BCUT2D eigenvalue weighted by Gasteiger charge is -2.12. The molecular formula is C16H22N4O. The van der Waals surface area contributed by atoms with E-state index in [2.05, 4.69) is 27.1 Å². The predicted octanol–water partition coefficient (Wildman–Crippen LogP) is 2.57. The van der Waals surface area contributed by atoms with Crippen molar-refractivity contribution in [2.75, 3.05) is 11.9 Å². The Labute approximate surface area is 125 Å². The van der Waals surface area contributed by atoms with Gasteiger partial charge in [-0.15, -0.1) is 0 Å². The van der Waals surface area contributed by atoms with Gasteiger partial charge in [-0.1, -0.05) is 0 Å². The van der Waals surface area contributed by atoms with Gasteiger partial charge in [0.2, 0.25) is 0 Å². The Morgan fingerprint density at radius 2 is 2.14 bits per heavy atom. The quantitative estimate of drug-likeness (QED) is 0.858. The molecule has 5 heteroatoms. The number of rotatable bonds is 6. The third-order valence-electron chi connectivity index (χ3n) is 3.41. The maximum absolute atomic E-state index is 11.8. The first-order valence-corrected chi connectivity index (χ1v) is 7.28. The molecule has 1 heterocycles. The summed E-state index contributed by atoms with van der Waals surface area (Å²) in [4.78, 5) is 16.1. The largest absolute Gasteiger partial charge is 0.378 e. The molecule has 0 spiro atoms. The molecule has 1 amide bonds. The topological polar surface area (TPSA) is 59.0 Å². The number of anilines is 1. The summed E-state index contributed by atoms with van der Waals surface area (Å²) in [6, 6.07) is 5.69. The highest BCUT2D eigenvalue weighted by Crippen LogP contribution is 2.17. The van der Waals surface area contributed by atoms with Gasteiger partial charge in [0.25, 0.3) is 5.91 Å². The molecule has 0 atom stereocenters. The fourth-order valence-electron chi connectivity index (χ4n) is 2.24. The van der Waals surface area contributed by atoms with Crippen LogP contribution in [-0.4, -0.2) is 22.0 Å².